The maximum atomic E-state index is 10.1. The molecule has 2 nitrogen and oxygen atoms in total. The van der Waals surface area contributed by atoms with E-state index >= 15 is 0 Å². The standard InChI is InChI=1S/C23H22ClNO/c1-25-12-11-19-13-22(24)23(26)14-20(19)21(15-25)18-9-7-17(8-10-18)16-5-3-2-4-6-16/h2-10,13-14,21,26H,11-12,15H2,1H3/t21-/m1/s1. The van der Waals surface area contributed by atoms with E-state index in [2.05, 4.69) is 60.5 Å². The lowest BCUT2D eigenvalue weighted by molar-refractivity contribution is 0.338. The van der Waals surface area contributed by atoms with Crippen LogP contribution in [0, 0.1) is 0 Å². The third kappa shape index (κ3) is 3.35. The molecule has 0 aliphatic carbocycles. The maximum absolute atomic E-state index is 10.1. The number of nitrogens with zero attached hydrogens (tertiary/aromatic N) is 1. The first-order valence-electron chi connectivity index (χ1n) is 8.97. The van der Waals surface area contributed by atoms with Crippen LogP contribution in [0.1, 0.15) is 22.6 Å². The highest BCUT2D eigenvalue weighted by Gasteiger charge is 2.24. The molecule has 0 amide bonds. The Labute approximate surface area is 159 Å². The van der Waals surface area contributed by atoms with E-state index in [9.17, 15) is 5.11 Å². The van der Waals surface area contributed by atoms with Crippen LogP contribution >= 0.6 is 11.6 Å². The summed E-state index contributed by atoms with van der Waals surface area (Å²) < 4.78 is 0. The van der Waals surface area contributed by atoms with Gasteiger partial charge in [-0.05, 0) is 53.4 Å². The van der Waals surface area contributed by atoms with E-state index < -0.39 is 0 Å². The van der Waals surface area contributed by atoms with E-state index in [0.29, 0.717) is 5.02 Å². The first kappa shape index (κ1) is 17.1. The number of likely N-dealkylation sites (N-methyl/N-ethyl adjacent to an activating group) is 1. The third-order valence-corrected chi connectivity index (χ3v) is 5.56. The number of phenols is 1. The second-order valence-corrected chi connectivity index (χ2v) is 7.46. The molecular formula is C23H22ClNO. The average Bonchev–Trinajstić information content (AvgIpc) is 2.82. The monoisotopic (exact) mass is 363 g/mol. The van der Waals surface area contributed by atoms with Gasteiger partial charge in [-0.25, -0.2) is 0 Å². The van der Waals surface area contributed by atoms with Crippen molar-refractivity contribution >= 4 is 11.6 Å². The summed E-state index contributed by atoms with van der Waals surface area (Å²) in [6.07, 6.45) is 0.949. The van der Waals surface area contributed by atoms with Gasteiger partial charge in [0.1, 0.15) is 5.75 Å². The number of fused-ring (bicyclic) bond motifs is 1. The van der Waals surface area contributed by atoms with Gasteiger partial charge in [0.2, 0.25) is 0 Å². The number of hydrogen-bond donors (Lipinski definition) is 1. The molecule has 0 radical (unpaired) electrons. The first-order chi connectivity index (χ1) is 12.6. The molecule has 0 bridgehead atoms. The Morgan fingerprint density at radius 3 is 2.38 bits per heavy atom. The van der Waals surface area contributed by atoms with Gasteiger partial charge in [0.15, 0.2) is 0 Å². The minimum Gasteiger partial charge on any atom is -0.506 e. The maximum Gasteiger partial charge on any atom is 0.134 e. The summed E-state index contributed by atoms with van der Waals surface area (Å²) in [6, 6.07) is 23.0. The Morgan fingerprint density at radius 1 is 0.962 bits per heavy atom. The topological polar surface area (TPSA) is 23.5 Å². The van der Waals surface area contributed by atoms with Gasteiger partial charge in [0, 0.05) is 19.0 Å². The highest BCUT2D eigenvalue weighted by atomic mass is 35.5. The summed E-state index contributed by atoms with van der Waals surface area (Å²) in [4.78, 5) is 2.35. The summed E-state index contributed by atoms with van der Waals surface area (Å²) in [5, 5.41) is 10.6. The van der Waals surface area contributed by atoms with Gasteiger partial charge in [0.05, 0.1) is 5.02 Å². The minimum absolute atomic E-state index is 0.167. The Hall–Kier alpha value is -2.29. The van der Waals surface area contributed by atoms with Gasteiger partial charge >= 0.3 is 0 Å². The van der Waals surface area contributed by atoms with E-state index in [1.54, 1.807) is 0 Å². The summed E-state index contributed by atoms with van der Waals surface area (Å²) in [7, 11) is 2.15. The van der Waals surface area contributed by atoms with Crippen molar-refractivity contribution < 1.29 is 5.11 Å². The van der Waals surface area contributed by atoms with E-state index in [4.69, 9.17) is 11.6 Å². The van der Waals surface area contributed by atoms with Crippen molar-refractivity contribution in [2.75, 3.05) is 20.1 Å². The van der Waals surface area contributed by atoms with Crippen LogP contribution in [0.3, 0.4) is 0 Å². The molecule has 1 heterocycles. The van der Waals surface area contributed by atoms with Crippen LogP contribution in [0.2, 0.25) is 5.02 Å². The summed E-state index contributed by atoms with van der Waals surface area (Å²) in [6.45, 7) is 1.92. The van der Waals surface area contributed by atoms with Crippen LogP contribution < -0.4 is 0 Å². The van der Waals surface area contributed by atoms with Crippen LogP contribution in [-0.2, 0) is 6.42 Å². The Bertz CT molecular complexity index is 905. The molecule has 0 fully saturated rings. The lowest BCUT2D eigenvalue weighted by atomic mass is 9.87. The molecular weight excluding hydrogens is 342 g/mol. The summed E-state index contributed by atoms with van der Waals surface area (Å²) >= 11 is 6.15. The highest BCUT2D eigenvalue weighted by molar-refractivity contribution is 6.32. The summed E-state index contributed by atoms with van der Waals surface area (Å²) in [5.41, 5.74) is 6.12. The molecule has 3 aromatic carbocycles. The molecule has 1 aliphatic heterocycles. The molecule has 26 heavy (non-hydrogen) atoms. The first-order valence-corrected chi connectivity index (χ1v) is 9.35. The third-order valence-electron chi connectivity index (χ3n) is 5.26. The second kappa shape index (κ2) is 7.14. The molecule has 0 spiro atoms. The van der Waals surface area contributed by atoms with Gasteiger partial charge in [-0.1, -0.05) is 66.2 Å². The number of aromatic hydroxyl groups is 1. The fourth-order valence-electron chi connectivity index (χ4n) is 3.80. The zero-order chi connectivity index (χ0) is 18.1. The van der Waals surface area contributed by atoms with E-state index in [1.165, 1.54) is 27.8 Å². The molecule has 1 N–H and O–H groups in total. The molecule has 0 saturated carbocycles. The number of benzene rings is 3. The van der Waals surface area contributed by atoms with Crippen molar-refractivity contribution in [2.45, 2.75) is 12.3 Å². The molecule has 132 valence electrons. The number of rotatable bonds is 2. The Kier molecular flexibility index (Phi) is 4.71. The summed E-state index contributed by atoms with van der Waals surface area (Å²) in [5.74, 6) is 0.395. The smallest absolute Gasteiger partial charge is 0.134 e. The second-order valence-electron chi connectivity index (χ2n) is 7.06. The predicted molar refractivity (Wildman–Crippen MR) is 108 cm³/mol. The number of halogens is 1. The van der Waals surface area contributed by atoms with Crippen molar-refractivity contribution in [1.29, 1.82) is 0 Å². The largest absolute Gasteiger partial charge is 0.506 e. The number of hydrogen-bond acceptors (Lipinski definition) is 2. The normalized spacial score (nSPS) is 17.5. The molecule has 3 aromatic rings. The Balaban J connectivity index is 1.73. The average molecular weight is 364 g/mol. The minimum atomic E-state index is 0.167. The van der Waals surface area contributed by atoms with E-state index in [-0.39, 0.29) is 11.7 Å². The number of phenolic OH excluding ortho intramolecular Hbond substituents is 1. The fourth-order valence-corrected chi connectivity index (χ4v) is 3.98. The molecule has 0 saturated heterocycles. The van der Waals surface area contributed by atoms with Crippen molar-refractivity contribution in [3.05, 3.63) is 88.4 Å². The molecule has 4 rings (SSSR count). The van der Waals surface area contributed by atoms with Gasteiger partial charge in [-0.2, -0.15) is 0 Å². The quantitative estimate of drug-likeness (QED) is 0.665. The van der Waals surface area contributed by atoms with Crippen LogP contribution in [0.4, 0.5) is 0 Å². The molecule has 3 heteroatoms. The van der Waals surface area contributed by atoms with Crippen molar-refractivity contribution in [3.8, 4) is 16.9 Å². The highest BCUT2D eigenvalue weighted by Crippen LogP contribution is 2.37. The molecule has 1 atom stereocenters. The fraction of sp³-hybridized carbons (Fsp3) is 0.217. The zero-order valence-electron chi connectivity index (χ0n) is 14.8. The predicted octanol–water partition coefficient (Wildman–Crippen LogP) is 5.33. The molecule has 0 aromatic heterocycles. The van der Waals surface area contributed by atoms with Gasteiger partial charge < -0.3 is 10.0 Å². The van der Waals surface area contributed by atoms with Crippen LogP contribution in [0.25, 0.3) is 11.1 Å². The van der Waals surface area contributed by atoms with Crippen molar-refractivity contribution in [1.82, 2.24) is 4.90 Å². The van der Waals surface area contributed by atoms with Crippen molar-refractivity contribution in [2.24, 2.45) is 0 Å². The van der Waals surface area contributed by atoms with E-state index in [1.807, 2.05) is 18.2 Å². The lowest BCUT2D eigenvalue weighted by Gasteiger charge is -2.22. The zero-order valence-corrected chi connectivity index (χ0v) is 15.6. The van der Waals surface area contributed by atoms with Gasteiger partial charge in [0.25, 0.3) is 0 Å². The molecule has 1 aliphatic rings. The van der Waals surface area contributed by atoms with Gasteiger partial charge in [-0.3, -0.25) is 0 Å². The van der Waals surface area contributed by atoms with Crippen LogP contribution in [0.5, 0.6) is 5.75 Å². The van der Waals surface area contributed by atoms with Crippen molar-refractivity contribution in [3.63, 3.8) is 0 Å². The van der Waals surface area contributed by atoms with Crippen LogP contribution in [-0.4, -0.2) is 30.1 Å². The van der Waals surface area contributed by atoms with Gasteiger partial charge in [-0.15, -0.1) is 0 Å². The Morgan fingerprint density at radius 2 is 1.65 bits per heavy atom. The van der Waals surface area contributed by atoms with E-state index in [0.717, 1.165) is 19.5 Å². The SMILES string of the molecule is CN1CCc2cc(Cl)c(O)cc2[C@@H](c2ccc(-c3ccccc3)cc2)C1. The lowest BCUT2D eigenvalue weighted by Crippen LogP contribution is -2.24. The molecule has 0 unspecified atom stereocenters. The van der Waals surface area contributed by atoms with Crippen LogP contribution in [0.15, 0.2) is 66.7 Å².